The molecule has 0 aromatic heterocycles. The minimum absolute atomic E-state index is 0.441. The van der Waals surface area contributed by atoms with Crippen LogP contribution in [0, 0.1) is 0 Å². The number of rotatable bonds is 9. The van der Waals surface area contributed by atoms with Crippen LogP contribution < -0.4 is 20.1 Å². The van der Waals surface area contributed by atoms with Gasteiger partial charge in [-0.15, -0.1) is 0 Å². The number of hydrogen-bond donors (Lipinski definition) is 2. The zero-order chi connectivity index (χ0) is 22.8. The molecule has 2 N–H and O–H groups in total. The smallest absolute Gasteiger partial charge is 0.191 e. The van der Waals surface area contributed by atoms with E-state index in [0.29, 0.717) is 18.6 Å². The molecule has 1 saturated heterocycles. The second-order valence-corrected chi connectivity index (χ2v) is 8.37. The van der Waals surface area contributed by atoms with Gasteiger partial charge in [0.25, 0.3) is 0 Å². The molecule has 3 rings (SSSR count). The van der Waals surface area contributed by atoms with Crippen molar-refractivity contribution in [1.82, 2.24) is 15.5 Å². The summed E-state index contributed by atoms with van der Waals surface area (Å²) in [7, 11) is 3.32. The van der Waals surface area contributed by atoms with Gasteiger partial charge in [-0.3, -0.25) is 9.89 Å². The fourth-order valence-corrected chi connectivity index (χ4v) is 4.25. The summed E-state index contributed by atoms with van der Waals surface area (Å²) in [5, 5.41) is 7.07. The standard InChI is InChI=1S/C26H38N4O2/c1-5-27-26(28-15-13-21-11-12-24(31-3)25(18-21)32-4)29-23-14-16-30(20(2)17-23)19-22-9-7-6-8-10-22/h6-12,18,20,23H,5,13-17,19H2,1-4H3,(H2,27,28,29). The Morgan fingerprint density at radius 3 is 2.53 bits per heavy atom. The number of aliphatic imine (C=N–C) groups is 1. The van der Waals surface area contributed by atoms with E-state index in [4.69, 9.17) is 14.5 Å². The topological polar surface area (TPSA) is 58.1 Å². The molecule has 1 heterocycles. The summed E-state index contributed by atoms with van der Waals surface area (Å²) in [6.07, 6.45) is 3.09. The molecule has 0 amide bonds. The lowest BCUT2D eigenvalue weighted by Crippen LogP contribution is -2.51. The lowest BCUT2D eigenvalue weighted by molar-refractivity contribution is 0.134. The Kier molecular flexibility index (Phi) is 9.23. The van der Waals surface area contributed by atoms with E-state index in [9.17, 15) is 0 Å². The summed E-state index contributed by atoms with van der Waals surface area (Å²) in [4.78, 5) is 7.40. The van der Waals surface area contributed by atoms with E-state index in [0.717, 1.165) is 56.4 Å². The summed E-state index contributed by atoms with van der Waals surface area (Å²) in [5.74, 6) is 2.42. The molecule has 1 fully saturated rings. The highest BCUT2D eigenvalue weighted by atomic mass is 16.5. The number of benzene rings is 2. The zero-order valence-corrected chi connectivity index (χ0v) is 19.9. The van der Waals surface area contributed by atoms with Crippen molar-refractivity contribution in [3.63, 3.8) is 0 Å². The van der Waals surface area contributed by atoms with Gasteiger partial charge in [0.1, 0.15) is 0 Å². The molecular weight excluding hydrogens is 400 g/mol. The predicted octanol–water partition coefficient (Wildman–Crippen LogP) is 3.85. The van der Waals surface area contributed by atoms with Crippen LogP contribution >= 0.6 is 0 Å². The molecule has 0 saturated carbocycles. The van der Waals surface area contributed by atoms with Crippen LogP contribution in [0.15, 0.2) is 53.5 Å². The number of nitrogens with zero attached hydrogens (tertiary/aromatic N) is 2. The first-order valence-corrected chi connectivity index (χ1v) is 11.7. The number of piperidine rings is 1. The van der Waals surface area contributed by atoms with Gasteiger partial charge in [-0.1, -0.05) is 36.4 Å². The Bertz CT molecular complexity index is 856. The van der Waals surface area contributed by atoms with Crippen LogP contribution in [-0.2, 0) is 13.0 Å². The van der Waals surface area contributed by atoms with Crippen molar-refractivity contribution in [3.05, 3.63) is 59.7 Å². The molecule has 1 aliphatic heterocycles. The Hall–Kier alpha value is -2.73. The van der Waals surface area contributed by atoms with Crippen LogP contribution in [0.3, 0.4) is 0 Å². The molecule has 6 heteroatoms. The lowest BCUT2D eigenvalue weighted by atomic mass is 9.97. The summed E-state index contributed by atoms with van der Waals surface area (Å²) in [5.41, 5.74) is 2.57. The third-order valence-corrected chi connectivity index (χ3v) is 6.05. The Balaban J connectivity index is 1.52. The number of nitrogens with one attached hydrogen (secondary N) is 2. The van der Waals surface area contributed by atoms with E-state index in [1.165, 1.54) is 11.1 Å². The van der Waals surface area contributed by atoms with E-state index in [1.807, 2.05) is 12.1 Å². The van der Waals surface area contributed by atoms with Gasteiger partial charge in [-0.05, 0) is 56.4 Å². The van der Waals surface area contributed by atoms with Crippen LogP contribution in [0.25, 0.3) is 0 Å². The van der Waals surface area contributed by atoms with Crippen LogP contribution in [0.2, 0.25) is 0 Å². The molecule has 174 valence electrons. The molecule has 2 unspecified atom stereocenters. The Morgan fingerprint density at radius 1 is 1.06 bits per heavy atom. The van der Waals surface area contributed by atoms with E-state index >= 15 is 0 Å². The molecule has 2 atom stereocenters. The average Bonchev–Trinajstić information content (AvgIpc) is 2.81. The molecule has 0 aliphatic carbocycles. The van der Waals surface area contributed by atoms with E-state index in [-0.39, 0.29) is 0 Å². The van der Waals surface area contributed by atoms with Crippen molar-refractivity contribution in [2.24, 2.45) is 4.99 Å². The highest BCUT2D eigenvalue weighted by Gasteiger charge is 2.25. The van der Waals surface area contributed by atoms with E-state index in [1.54, 1.807) is 14.2 Å². The van der Waals surface area contributed by atoms with Gasteiger partial charge < -0.3 is 20.1 Å². The van der Waals surface area contributed by atoms with Gasteiger partial charge >= 0.3 is 0 Å². The predicted molar refractivity (Wildman–Crippen MR) is 132 cm³/mol. The highest BCUT2D eigenvalue weighted by Crippen LogP contribution is 2.27. The number of guanidine groups is 1. The van der Waals surface area contributed by atoms with Crippen molar-refractivity contribution < 1.29 is 9.47 Å². The van der Waals surface area contributed by atoms with Crippen molar-refractivity contribution >= 4 is 5.96 Å². The number of ether oxygens (including phenoxy) is 2. The molecule has 1 aliphatic rings. The van der Waals surface area contributed by atoms with Crippen molar-refractivity contribution in [2.45, 2.75) is 51.7 Å². The van der Waals surface area contributed by atoms with Gasteiger partial charge in [0.05, 0.1) is 14.2 Å². The summed E-state index contributed by atoms with van der Waals surface area (Å²) >= 11 is 0. The van der Waals surface area contributed by atoms with Gasteiger partial charge in [-0.25, -0.2) is 0 Å². The van der Waals surface area contributed by atoms with E-state index in [2.05, 4.69) is 65.8 Å². The maximum atomic E-state index is 5.41. The average molecular weight is 439 g/mol. The largest absolute Gasteiger partial charge is 0.493 e. The number of hydrogen-bond acceptors (Lipinski definition) is 4. The first-order chi connectivity index (χ1) is 15.6. The molecule has 32 heavy (non-hydrogen) atoms. The van der Waals surface area contributed by atoms with Crippen LogP contribution in [0.5, 0.6) is 11.5 Å². The highest BCUT2D eigenvalue weighted by molar-refractivity contribution is 5.80. The van der Waals surface area contributed by atoms with Gasteiger partial charge in [0, 0.05) is 38.3 Å². The van der Waals surface area contributed by atoms with Gasteiger partial charge in [0.2, 0.25) is 0 Å². The van der Waals surface area contributed by atoms with Gasteiger partial charge in [-0.2, -0.15) is 0 Å². The first-order valence-electron chi connectivity index (χ1n) is 11.7. The van der Waals surface area contributed by atoms with Gasteiger partial charge in [0.15, 0.2) is 17.5 Å². The van der Waals surface area contributed by atoms with Crippen LogP contribution in [0.4, 0.5) is 0 Å². The second kappa shape index (κ2) is 12.3. The fourth-order valence-electron chi connectivity index (χ4n) is 4.25. The zero-order valence-electron chi connectivity index (χ0n) is 19.9. The fraction of sp³-hybridized carbons (Fsp3) is 0.500. The monoisotopic (exact) mass is 438 g/mol. The minimum Gasteiger partial charge on any atom is -0.493 e. The summed E-state index contributed by atoms with van der Waals surface area (Å²) in [6, 6.07) is 17.8. The third-order valence-electron chi connectivity index (χ3n) is 6.05. The summed E-state index contributed by atoms with van der Waals surface area (Å²) in [6.45, 7) is 8.12. The number of methoxy groups -OCH3 is 2. The molecular formula is C26H38N4O2. The quantitative estimate of drug-likeness (QED) is 0.460. The SMILES string of the molecule is CCNC(=NCCc1ccc(OC)c(OC)c1)NC1CCN(Cc2ccccc2)C(C)C1. The first kappa shape index (κ1) is 23.9. The maximum Gasteiger partial charge on any atom is 0.191 e. The summed E-state index contributed by atoms with van der Waals surface area (Å²) < 4.78 is 10.7. The molecule has 0 radical (unpaired) electrons. The lowest BCUT2D eigenvalue weighted by Gasteiger charge is -2.38. The molecule has 6 nitrogen and oxygen atoms in total. The number of likely N-dealkylation sites (tertiary alicyclic amines) is 1. The van der Waals surface area contributed by atoms with Crippen molar-refractivity contribution in [3.8, 4) is 11.5 Å². The molecule has 2 aromatic rings. The molecule has 0 bridgehead atoms. The van der Waals surface area contributed by atoms with Crippen LogP contribution in [0.1, 0.15) is 37.8 Å². The Labute approximate surface area is 193 Å². The second-order valence-electron chi connectivity index (χ2n) is 8.37. The molecule has 2 aromatic carbocycles. The van der Waals surface area contributed by atoms with Crippen molar-refractivity contribution in [1.29, 1.82) is 0 Å². The Morgan fingerprint density at radius 2 is 1.84 bits per heavy atom. The third kappa shape index (κ3) is 6.89. The molecule has 0 spiro atoms. The van der Waals surface area contributed by atoms with Crippen molar-refractivity contribution in [2.75, 3.05) is 33.9 Å². The van der Waals surface area contributed by atoms with Crippen LogP contribution in [-0.4, -0.2) is 56.8 Å². The minimum atomic E-state index is 0.441. The van der Waals surface area contributed by atoms with E-state index < -0.39 is 0 Å². The maximum absolute atomic E-state index is 5.41. The normalized spacial score (nSPS) is 19.4.